The summed E-state index contributed by atoms with van der Waals surface area (Å²) in [5.74, 6) is 6.62. The normalized spacial score (nSPS) is 30.9. The van der Waals surface area contributed by atoms with Gasteiger partial charge in [-0.1, -0.05) is 24.1 Å². The Morgan fingerprint density at radius 2 is 2.27 bits per heavy atom. The van der Waals surface area contributed by atoms with E-state index >= 15 is 0 Å². The van der Waals surface area contributed by atoms with Gasteiger partial charge in [0.15, 0.2) is 0 Å². The Balaban J connectivity index is 2.13. The average molecular weight is 202 g/mol. The van der Waals surface area contributed by atoms with Crippen molar-refractivity contribution in [3.05, 3.63) is 23.8 Å². The van der Waals surface area contributed by atoms with Gasteiger partial charge >= 0.3 is 0 Å². The first-order valence-electron chi connectivity index (χ1n) is 5.80. The summed E-state index contributed by atoms with van der Waals surface area (Å²) in [4.78, 5) is 0. The molecular formula is C14H18O. The van der Waals surface area contributed by atoms with Gasteiger partial charge in [0.25, 0.3) is 0 Å². The van der Waals surface area contributed by atoms with Crippen LogP contribution in [0.2, 0.25) is 0 Å². The summed E-state index contributed by atoms with van der Waals surface area (Å²) in [5.41, 5.74) is 1.43. The van der Waals surface area contributed by atoms with Crippen LogP contribution in [0.1, 0.15) is 32.6 Å². The molecule has 80 valence electrons. The monoisotopic (exact) mass is 202 g/mol. The average Bonchev–Trinajstić information content (AvgIpc) is 2.29. The third-order valence-electron chi connectivity index (χ3n) is 3.42. The molecule has 0 aromatic heterocycles. The second-order valence-corrected chi connectivity index (χ2v) is 4.42. The molecule has 0 unspecified atom stereocenters. The van der Waals surface area contributed by atoms with Crippen LogP contribution in [-0.2, 0) is 0 Å². The Morgan fingerprint density at radius 1 is 1.40 bits per heavy atom. The quantitative estimate of drug-likeness (QED) is 0.648. The van der Waals surface area contributed by atoms with Gasteiger partial charge in [0.1, 0.15) is 6.10 Å². The molecule has 0 spiro atoms. The maximum atomic E-state index is 9.82. The molecule has 0 fully saturated rings. The summed E-state index contributed by atoms with van der Waals surface area (Å²) in [6, 6.07) is 0. The number of aliphatic hydroxyl groups is 1. The SMILES string of the molecule is CC#C[C@@H](O)[C@@H]1C=C2C=CCC[C@H]2CC1. The molecule has 0 aliphatic heterocycles. The van der Waals surface area contributed by atoms with Crippen molar-refractivity contribution >= 4 is 0 Å². The number of allylic oxidation sites excluding steroid dienone is 3. The first-order chi connectivity index (χ1) is 7.31. The fourth-order valence-corrected chi connectivity index (χ4v) is 2.55. The van der Waals surface area contributed by atoms with Gasteiger partial charge in [-0.15, -0.1) is 5.92 Å². The molecule has 0 saturated carbocycles. The van der Waals surface area contributed by atoms with Crippen LogP contribution in [0.25, 0.3) is 0 Å². The van der Waals surface area contributed by atoms with Crippen LogP contribution < -0.4 is 0 Å². The largest absolute Gasteiger partial charge is 0.380 e. The molecule has 0 aromatic carbocycles. The van der Waals surface area contributed by atoms with Crippen LogP contribution in [0.15, 0.2) is 23.8 Å². The molecule has 1 heteroatoms. The van der Waals surface area contributed by atoms with Crippen LogP contribution in [0.5, 0.6) is 0 Å². The van der Waals surface area contributed by atoms with E-state index in [0.29, 0.717) is 0 Å². The van der Waals surface area contributed by atoms with Gasteiger partial charge in [-0.2, -0.15) is 0 Å². The van der Waals surface area contributed by atoms with Gasteiger partial charge in [0.2, 0.25) is 0 Å². The third kappa shape index (κ3) is 2.33. The van der Waals surface area contributed by atoms with Crippen molar-refractivity contribution in [2.75, 3.05) is 0 Å². The van der Waals surface area contributed by atoms with Crippen molar-refractivity contribution in [1.29, 1.82) is 0 Å². The summed E-state index contributed by atoms with van der Waals surface area (Å²) < 4.78 is 0. The first kappa shape index (κ1) is 10.5. The minimum Gasteiger partial charge on any atom is -0.380 e. The molecule has 3 atom stereocenters. The number of fused-ring (bicyclic) bond motifs is 1. The zero-order valence-electron chi connectivity index (χ0n) is 9.24. The molecule has 2 aliphatic rings. The van der Waals surface area contributed by atoms with E-state index < -0.39 is 6.10 Å². The Kier molecular flexibility index (Phi) is 3.28. The predicted molar refractivity (Wildman–Crippen MR) is 62.1 cm³/mol. The highest BCUT2D eigenvalue weighted by molar-refractivity contribution is 5.28. The van der Waals surface area contributed by atoms with Crippen LogP contribution in [0, 0.1) is 23.7 Å². The van der Waals surface area contributed by atoms with Crippen molar-refractivity contribution < 1.29 is 5.11 Å². The zero-order chi connectivity index (χ0) is 10.7. The van der Waals surface area contributed by atoms with Crippen molar-refractivity contribution in [1.82, 2.24) is 0 Å². The molecular weight excluding hydrogens is 184 g/mol. The van der Waals surface area contributed by atoms with Gasteiger partial charge in [0, 0.05) is 5.92 Å². The van der Waals surface area contributed by atoms with E-state index in [1.807, 2.05) is 0 Å². The topological polar surface area (TPSA) is 20.2 Å². The lowest BCUT2D eigenvalue weighted by atomic mass is 9.76. The molecule has 0 saturated heterocycles. The maximum absolute atomic E-state index is 9.82. The Morgan fingerprint density at radius 3 is 3.07 bits per heavy atom. The third-order valence-corrected chi connectivity index (χ3v) is 3.42. The van der Waals surface area contributed by atoms with Crippen molar-refractivity contribution in [2.24, 2.45) is 11.8 Å². The van der Waals surface area contributed by atoms with Crippen LogP contribution in [0.3, 0.4) is 0 Å². The fourth-order valence-electron chi connectivity index (χ4n) is 2.55. The summed E-state index contributed by atoms with van der Waals surface area (Å²) in [7, 11) is 0. The first-order valence-corrected chi connectivity index (χ1v) is 5.80. The van der Waals surface area contributed by atoms with Gasteiger partial charge in [-0.05, 0) is 44.1 Å². The Hall–Kier alpha value is -1.00. The lowest BCUT2D eigenvalue weighted by Gasteiger charge is -2.30. The summed E-state index contributed by atoms with van der Waals surface area (Å²) in [6.45, 7) is 1.78. The lowest BCUT2D eigenvalue weighted by Crippen LogP contribution is -2.23. The second kappa shape index (κ2) is 4.68. The Bertz CT molecular complexity index is 340. The summed E-state index contributed by atoms with van der Waals surface area (Å²) >= 11 is 0. The van der Waals surface area contributed by atoms with Gasteiger partial charge in [0.05, 0.1) is 0 Å². The molecule has 1 nitrogen and oxygen atoms in total. The molecule has 0 aromatic rings. The van der Waals surface area contributed by atoms with Gasteiger partial charge in [-0.3, -0.25) is 0 Å². The minimum absolute atomic E-state index is 0.242. The van der Waals surface area contributed by atoms with E-state index in [2.05, 4.69) is 30.1 Å². The highest BCUT2D eigenvalue weighted by Gasteiger charge is 2.25. The molecule has 2 aliphatic carbocycles. The number of aliphatic hydroxyl groups excluding tert-OH is 1. The highest BCUT2D eigenvalue weighted by Crippen LogP contribution is 2.36. The van der Waals surface area contributed by atoms with E-state index in [1.54, 1.807) is 6.92 Å². The molecule has 15 heavy (non-hydrogen) atoms. The van der Waals surface area contributed by atoms with E-state index in [-0.39, 0.29) is 5.92 Å². The maximum Gasteiger partial charge on any atom is 0.120 e. The van der Waals surface area contributed by atoms with Crippen LogP contribution in [0.4, 0.5) is 0 Å². The Labute approximate surface area is 91.9 Å². The van der Waals surface area contributed by atoms with E-state index in [0.717, 1.165) is 12.3 Å². The number of hydrogen-bond acceptors (Lipinski definition) is 1. The number of hydrogen-bond donors (Lipinski definition) is 1. The molecule has 0 radical (unpaired) electrons. The predicted octanol–water partition coefficient (Wildman–Crippen LogP) is 2.67. The van der Waals surface area contributed by atoms with E-state index in [1.165, 1.54) is 24.8 Å². The van der Waals surface area contributed by atoms with Crippen molar-refractivity contribution in [2.45, 2.75) is 38.7 Å². The van der Waals surface area contributed by atoms with Gasteiger partial charge < -0.3 is 5.11 Å². The summed E-state index contributed by atoms with van der Waals surface area (Å²) in [5, 5.41) is 9.82. The molecule has 0 bridgehead atoms. The van der Waals surface area contributed by atoms with Crippen LogP contribution in [-0.4, -0.2) is 11.2 Å². The zero-order valence-corrected chi connectivity index (χ0v) is 9.24. The number of rotatable bonds is 1. The highest BCUT2D eigenvalue weighted by atomic mass is 16.3. The smallest absolute Gasteiger partial charge is 0.120 e. The van der Waals surface area contributed by atoms with Gasteiger partial charge in [-0.25, -0.2) is 0 Å². The fraction of sp³-hybridized carbons (Fsp3) is 0.571. The standard InChI is InChI=1S/C14H18O/c1-2-5-14(15)13-9-8-11-6-3-4-7-12(11)10-13/h4,7,10-11,13-15H,3,6,8-9H2,1H3/t11-,13-,14+/m0/s1. The van der Waals surface area contributed by atoms with Crippen molar-refractivity contribution in [3.63, 3.8) is 0 Å². The van der Waals surface area contributed by atoms with Crippen LogP contribution >= 0.6 is 0 Å². The molecule has 0 amide bonds. The molecule has 1 N–H and O–H groups in total. The minimum atomic E-state index is -0.473. The molecule has 0 heterocycles. The lowest BCUT2D eigenvalue weighted by molar-refractivity contribution is 0.170. The molecule has 2 rings (SSSR count). The van der Waals surface area contributed by atoms with E-state index in [4.69, 9.17) is 0 Å². The van der Waals surface area contributed by atoms with E-state index in [9.17, 15) is 5.11 Å². The van der Waals surface area contributed by atoms with Crippen molar-refractivity contribution in [3.8, 4) is 11.8 Å². The second-order valence-electron chi connectivity index (χ2n) is 4.42. The summed E-state index contributed by atoms with van der Waals surface area (Å²) in [6.07, 6.45) is 11.0.